The van der Waals surface area contributed by atoms with E-state index in [1.54, 1.807) is 12.1 Å². The Balaban J connectivity index is 1.48. The molecule has 1 spiro atoms. The maximum absolute atomic E-state index is 13.2. The van der Waals surface area contributed by atoms with E-state index >= 15 is 0 Å². The lowest BCUT2D eigenvalue weighted by Crippen LogP contribution is -2.70. The van der Waals surface area contributed by atoms with Crippen LogP contribution in [0.1, 0.15) is 46.5 Å². The lowest BCUT2D eigenvalue weighted by Gasteiger charge is -2.60. The Morgan fingerprint density at radius 3 is 2.59 bits per heavy atom. The highest BCUT2D eigenvalue weighted by Crippen LogP contribution is 2.60. The summed E-state index contributed by atoms with van der Waals surface area (Å²) in [4.78, 5) is 11.9. The van der Waals surface area contributed by atoms with Gasteiger partial charge in [-0.1, -0.05) is 13.8 Å². The third kappa shape index (κ3) is 2.64. The van der Waals surface area contributed by atoms with Gasteiger partial charge in [-0.15, -0.1) is 0 Å². The fraction of sp³-hybridized carbons (Fsp3) is 0.714. The third-order valence-electron chi connectivity index (χ3n) is 7.16. The van der Waals surface area contributed by atoms with Crippen LogP contribution < -0.4 is 4.74 Å². The van der Waals surface area contributed by atoms with Crippen molar-refractivity contribution in [2.75, 3.05) is 0 Å². The van der Waals surface area contributed by atoms with E-state index in [9.17, 15) is 4.39 Å². The van der Waals surface area contributed by atoms with Crippen LogP contribution in [0.3, 0.4) is 0 Å². The van der Waals surface area contributed by atoms with Gasteiger partial charge < -0.3 is 14.2 Å². The van der Waals surface area contributed by atoms with Gasteiger partial charge in [-0.05, 0) is 62.3 Å². The second-order valence-electron chi connectivity index (χ2n) is 8.85. The van der Waals surface area contributed by atoms with Gasteiger partial charge in [0.2, 0.25) is 12.1 Å². The molecule has 1 saturated carbocycles. The molecule has 0 radical (unpaired) electrons. The molecule has 8 atom stereocenters. The van der Waals surface area contributed by atoms with Gasteiger partial charge in [-0.2, -0.15) is 0 Å². The molecule has 0 amide bonds. The molecule has 1 aromatic carbocycles. The van der Waals surface area contributed by atoms with E-state index in [2.05, 4.69) is 13.8 Å². The summed E-state index contributed by atoms with van der Waals surface area (Å²) in [6.45, 7) is 6.34. The Morgan fingerprint density at radius 2 is 1.81 bits per heavy atom. The van der Waals surface area contributed by atoms with Gasteiger partial charge in [0, 0.05) is 18.3 Å². The van der Waals surface area contributed by atoms with E-state index in [4.69, 9.17) is 24.0 Å². The third-order valence-corrected chi connectivity index (χ3v) is 7.16. The Kier molecular flexibility index (Phi) is 4.06. The maximum atomic E-state index is 13.2. The number of fused-ring (bicyclic) bond motifs is 2. The molecular weight excluding hydrogens is 351 g/mol. The Labute approximate surface area is 159 Å². The standard InChI is InChI=1S/C21H27FO5/c1-12-4-9-17-13(2)18(23-15-7-5-14(22)6-8-15)24-19-21(17)16(12)10-11-20(3,25-19)26-27-21/h5-8,12-13,16-19H,4,9-11H2,1-3H3/t12-,13-,16+,17+,18?,19-,20+,21-/m1/s1. The fourth-order valence-corrected chi connectivity index (χ4v) is 5.65. The van der Waals surface area contributed by atoms with Crippen LogP contribution in [0.25, 0.3) is 0 Å². The largest absolute Gasteiger partial charge is 0.465 e. The number of hydrogen-bond acceptors (Lipinski definition) is 5. The molecule has 148 valence electrons. The molecule has 1 aromatic rings. The van der Waals surface area contributed by atoms with Crippen LogP contribution >= 0.6 is 0 Å². The zero-order chi connectivity index (χ0) is 18.8. The van der Waals surface area contributed by atoms with Crippen molar-refractivity contribution in [1.29, 1.82) is 0 Å². The summed E-state index contributed by atoms with van der Waals surface area (Å²) >= 11 is 0. The molecule has 27 heavy (non-hydrogen) atoms. The van der Waals surface area contributed by atoms with Crippen molar-refractivity contribution in [2.24, 2.45) is 23.7 Å². The van der Waals surface area contributed by atoms with Crippen molar-refractivity contribution in [2.45, 2.75) is 70.4 Å². The summed E-state index contributed by atoms with van der Waals surface area (Å²) in [5.41, 5.74) is -0.588. The minimum absolute atomic E-state index is 0.0935. The number of hydrogen-bond donors (Lipinski definition) is 0. The highest BCUT2D eigenvalue weighted by molar-refractivity contribution is 5.22. The van der Waals surface area contributed by atoms with Crippen molar-refractivity contribution < 1.29 is 28.4 Å². The maximum Gasteiger partial charge on any atom is 0.205 e. The van der Waals surface area contributed by atoms with E-state index in [-0.39, 0.29) is 17.7 Å². The first-order valence-electron chi connectivity index (χ1n) is 10.0. The SMILES string of the molecule is C[C@@H]1CC[C@H]2[C@@H](C)C(Oc3ccc(F)cc3)O[C@@H]3O[C@]4(C)CC[C@@H]1[C@]32OO4. The first-order chi connectivity index (χ1) is 12.9. The lowest BCUT2D eigenvalue weighted by molar-refractivity contribution is -0.575. The van der Waals surface area contributed by atoms with Crippen molar-refractivity contribution in [3.05, 3.63) is 30.1 Å². The van der Waals surface area contributed by atoms with Crippen molar-refractivity contribution in [1.82, 2.24) is 0 Å². The number of rotatable bonds is 2. The molecule has 1 unspecified atom stereocenters. The van der Waals surface area contributed by atoms with Crippen LogP contribution in [0.2, 0.25) is 0 Å². The van der Waals surface area contributed by atoms with Gasteiger partial charge in [-0.3, -0.25) is 0 Å². The minimum Gasteiger partial charge on any atom is -0.465 e. The van der Waals surface area contributed by atoms with Gasteiger partial charge in [-0.25, -0.2) is 14.2 Å². The summed E-state index contributed by atoms with van der Waals surface area (Å²) in [5.74, 6) is 0.680. The summed E-state index contributed by atoms with van der Waals surface area (Å²) in [6.07, 6.45) is 2.95. The van der Waals surface area contributed by atoms with Crippen LogP contribution in [0.15, 0.2) is 24.3 Å². The van der Waals surface area contributed by atoms with Crippen molar-refractivity contribution in [3.63, 3.8) is 0 Å². The second-order valence-corrected chi connectivity index (χ2v) is 8.85. The Bertz CT molecular complexity index is 711. The topological polar surface area (TPSA) is 46.2 Å². The van der Waals surface area contributed by atoms with E-state index < -0.39 is 24.0 Å². The minimum atomic E-state index is -0.793. The van der Waals surface area contributed by atoms with E-state index in [0.29, 0.717) is 17.6 Å². The number of ether oxygens (including phenoxy) is 3. The number of halogens is 1. The van der Waals surface area contributed by atoms with Gasteiger partial charge in [0.25, 0.3) is 0 Å². The van der Waals surface area contributed by atoms with Crippen molar-refractivity contribution >= 4 is 0 Å². The Hall–Kier alpha value is -1.21. The van der Waals surface area contributed by atoms with Crippen LogP contribution in [0.5, 0.6) is 5.75 Å². The van der Waals surface area contributed by atoms with Crippen LogP contribution in [-0.2, 0) is 19.2 Å². The normalized spacial score (nSPS) is 48.6. The molecule has 2 bridgehead atoms. The van der Waals surface area contributed by atoms with Crippen molar-refractivity contribution in [3.8, 4) is 5.75 Å². The molecule has 5 fully saturated rings. The highest BCUT2D eigenvalue weighted by Gasteiger charge is 2.69. The molecular formula is C21H27FO5. The number of benzene rings is 1. The molecule has 6 rings (SSSR count). The molecule has 5 aliphatic rings. The zero-order valence-corrected chi connectivity index (χ0v) is 16.0. The van der Waals surface area contributed by atoms with Crippen LogP contribution in [-0.4, -0.2) is 24.0 Å². The lowest BCUT2D eigenvalue weighted by atomic mass is 9.58. The fourth-order valence-electron chi connectivity index (χ4n) is 5.65. The van der Waals surface area contributed by atoms with E-state index in [1.807, 2.05) is 6.92 Å². The molecule has 4 heterocycles. The van der Waals surface area contributed by atoms with E-state index in [0.717, 1.165) is 25.7 Å². The molecule has 0 N–H and O–H groups in total. The van der Waals surface area contributed by atoms with Gasteiger partial charge in [0.15, 0.2) is 11.9 Å². The molecule has 6 heteroatoms. The van der Waals surface area contributed by atoms with Gasteiger partial charge >= 0.3 is 0 Å². The van der Waals surface area contributed by atoms with Gasteiger partial charge in [0.1, 0.15) is 11.6 Å². The average Bonchev–Trinajstić information content (AvgIpc) is 2.87. The van der Waals surface area contributed by atoms with Crippen LogP contribution in [0.4, 0.5) is 4.39 Å². The molecule has 4 aliphatic heterocycles. The predicted molar refractivity (Wildman–Crippen MR) is 93.9 cm³/mol. The monoisotopic (exact) mass is 378 g/mol. The smallest absolute Gasteiger partial charge is 0.205 e. The first-order valence-corrected chi connectivity index (χ1v) is 10.0. The zero-order valence-electron chi connectivity index (χ0n) is 16.0. The predicted octanol–water partition coefficient (Wildman–Crippen LogP) is 4.41. The molecule has 5 nitrogen and oxygen atoms in total. The average molecular weight is 378 g/mol. The quantitative estimate of drug-likeness (QED) is 0.713. The summed E-state index contributed by atoms with van der Waals surface area (Å²) in [7, 11) is 0. The first kappa shape index (κ1) is 17.9. The highest BCUT2D eigenvalue weighted by atomic mass is 19.1. The van der Waals surface area contributed by atoms with Gasteiger partial charge in [0.05, 0.1) is 0 Å². The second kappa shape index (κ2) is 6.14. The molecule has 1 aliphatic carbocycles. The molecule has 4 saturated heterocycles. The molecule has 0 aromatic heterocycles. The summed E-state index contributed by atoms with van der Waals surface area (Å²) in [6, 6.07) is 6.04. The summed E-state index contributed by atoms with van der Waals surface area (Å²) in [5, 5.41) is 0. The summed E-state index contributed by atoms with van der Waals surface area (Å²) < 4.78 is 32.0. The van der Waals surface area contributed by atoms with E-state index in [1.165, 1.54) is 12.1 Å². The Morgan fingerprint density at radius 1 is 1.04 bits per heavy atom. The van der Waals surface area contributed by atoms with Crippen LogP contribution in [0, 0.1) is 29.5 Å².